The summed E-state index contributed by atoms with van der Waals surface area (Å²) in [5, 5.41) is 8.90. The third kappa shape index (κ3) is 4.40. The normalized spacial score (nSPS) is 16.9. The predicted octanol–water partition coefficient (Wildman–Crippen LogP) is 8.86. The molecule has 3 heteroatoms. The van der Waals surface area contributed by atoms with Crippen molar-refractivity contribution in [1.29, 1.82) is 0 Å². The smallest absolute Gasteiger partial charge is 0.217 e. The zero-order valence-electron chi connectivity index (χ0n) is 24.7. The van der Waals surface area contributed by atoms with E-state index in [0.29, 0.717) is 0 Å². The fourth-order valence-corrected chi connectivity index (χ4v) is 9.71. The van der Waals surface area contributed by atoms with Gasteiger partial charge in [-0.3, -0.25) is 0 Å². The van der Waals surface area contributed by atoms with Gasteiger partial charge in [-0.2, -0.15) is 0 Å². The molecule has 1 aliphatic carbocycles. The van der Waals surface area contributed by atoms with E-state index in [1.54, 1.807) is 0 Å². The molecule has 0 saturated heterocycles. The van der Waals surface area contributed by atoms with E-state index in [2.05, 4.69) is 158 Å². The maximum absolute atomic E-state index is 6.80. The van der Waals surface area contributed by atoms with Crippen LogP contribution in [0.1, 0.15) is 22.7 Å². The molecule has 0 unspecified atom stereocenters. The van der Waals surface area contributed by atoms with Crippen LogP contribution in [0.2, 0.25) is 0 Å². The van der Waals surface area contributed by atoms with Crippen LogP contribution < -0.4 is 15.9 Å². The zero-order chi connectivity index (χ0) is 29.7. The molecule has 2 nitrogen and oxygen atoms in total. The van der Waals surface area contributed by atoms with Gasteiger partial charge >= 0.3 is 0 Å². The lowest BCUT2D eigenvalue weighted by Crippen LogP contribution is -2.23. The SMILES string of the molecule is c1ccc(P(c2ccccc2)c2ccc3ccccc3c2-c2c(C3=N[C@@H]4c5ccccc5C[C@@H]4O3)ccc3ccccc23)cc1. The van der Waals surface area contributed by atoms with Gasteiger partial charge in [-0.05, 0) is 68.1 Å². The first-order valence-corrected chi connectivity index (χ1v) is 16.9. The summed E-state index contributed by atoms with van der Waals surface area (Å²) in [6, 6.07) is 57.4. The van der Waals surface area contributed by atoms with Gasteiger partial charge < -0.3 is 4.74 Å². The van der Waals surface area contributed by atoms with Gasteiger partial charge in [-0.25, -0.2) is 4.99 Å². The molecular weight excluding hydrogens is 565 g/mol. The lowest BCUT2D eigenvalue weighted by atomic mass is 9.90. The average Bonchev–Trinajstić information content (AvgIpc) is 3.67. The van der Waals surface area contributed by atoms with Crippen LogP contribution in [0, 0.1) is 0 Å². The van der Waals surface area contributed by atoms with Crippen LogP contribution in [-0.4, -0.2) is 12.0 Å². The monoisotopic (exact) mass is 595 g/mol. The van der Waals surface area contributed by atoms with Gasteiger partial charge in [0.1, 0.15) is 12.1 Å². The molecule has 0 radical (unpaired) electrons. The molecule has 0 N–H and O–H groups in total. The van der Waals surface area contributed by atoms with Gasteiger partial charge in [0.15, 0.2) is 0 Å². The number of hydrogen-bond acceptors (Lipinski definition) is 2. The first-order valence-electron chi connectivity index (χ1n) is 15.6. The standard InChI is InChI=1S/C42H30NOP/c1-3-16-31(17-4-1)45(32-18-5-2-6-19-32)38-26-24-29-14-8-11-21-34(29)40(38)39-33-20-10-7-13-28(33)23-25-36(39)42-43-41-35-22-12-9-15-30(35)27-37(41)44-42/h1-26,37,41H,27H2/t37-,41+/m0/s1. The maximum Gasteiger partial charge on any atom is 0.217 e. The lowest BCUT2D eigenvalue weighted by molar-refractivity contribution is 0.206. The van der Waals surface area contributed by atoms with Crippen molar-refractivity contribution in [1.82, 2.24) is 0 Å². The molecular formula is C42H30NOP. The Morgan fingerprint density at radius 3 is 1.82 bits per heavy atom. The summed E-state index contributed by atoms with van der Waals surface area (Å²) in [5.41, 5.74) is 6.17. The number of rotatable bonds is 5. The Kier molecular flexibility index (Phi) is 6.35. The highest BCUT2D eigenvalue weighted by Crippen LogP contribution is 2.46. The fraction of sp³-hybridized carbons (Fsp3) is 0.0714. The summed E-state index contributed by atoms with van der Waals surface area (Å²) in [5.74, 6) is 0.753. The second kappa shape index (κ2) is 10.8. The van der Waals surface area contributed by atoms with Crippen molar-refractivity contribution < 1.29 is 4.74 Å². The molecule has 2 atom stereocenters. The fourth-order valence-electron chi connectivity index (χ4n) is 7.24. The van der Waals surface area contributed by atoms with Crippen molar-refractivity contribution in [3.8, 4) is 11.1 Å². The van der Waals surface area contributed by atoms with Crippen molar-refractivity contribution in [2.24, 2.45) is 4.99 Å². The van der Waals surface area contributed by atoms with Gasteiger partial charge in [0, 0.05) is 17.5 Å². The van der Waals surface area contributed by atoms with Crippen LogP contribution in [0.4, 0.5) is 0 Å². The van der Waals surface area contributed by atoms with Crippen LogP contribution in [0.15, 0.2) is 163 Å². The van der Waals surface area contributed by atoms with E-state index in [9.17, 15) is 0 Å². The topological polar surface area (TPSA) is 21.6 Å². The second-order valence-electron chi connectivity index (χ2n) is 11.8. The Hall–Kier alpha value is -5.04. The Bertz CT molecular complexity index is 2200. The van der Waals surface area contributed by atoms with Crippen LogP contribution >= 0.6 is 7.92 Å². The van der Waals surface area contributed by atoms with E-state index in [1.165, 1.54) is 59.7 Å². The van der Waals surface area contributed by atoms with Gasteiger partial charge in [-0.1, -0.05) is 152 Å². The molecule has 7 aromatic rings. The first kappa shape index (κ1) is 26.4. The van der Waals surface area contributed by atoms with E-state index in [0.717, 1.165) is 17.9 Å². The highest BCUT2D eigenvalue weighted by molar-refractivity contribution is 7.80. The highest BCUT2D eigenvalue weighted by Gasteiger charge is 2.40. The third-order valence-electron chi connectivity index (χ3n) is 9.25. The van der Waals surface area contributed by atoms with E-state index in [4.69, 9.17) is 9.73 Å². The molecule has 214 valence electrons. The maximum atomic E-state index is 6.80. The van der Waals surface area contributed by atoms with E-state index < -0.39 is 7.92 Å². The Labute approximate surface area is 264 Å². The van der Waals surface area contributed by atoms with Crippen LogP contribution in [0.5, 0.6) is 0 Å². The summed E-state index contributed by atoms with van der Waals surface area (Å²) >= 11 is 0. The predicted molar refractivity (Wildman–Crippen MR) is 190 cm³/mol. The molecule has 2 aliphatic rings. The summed E-state index contributed by atoms with van der Waals surface area (Å²) in [6.45, 7) is 0. The quantitative estimate of drug-likeness (QED) is 0.182. The zero-order valence-corrected chi connectivity index (χ0v) is 25.6. The summed E-state index contributed by atoms with van der Waals surface area (Å²) in [4.78, 5) is 5.33. The number of aliphatic imine (C=N–C) groups is 1. The summed E-state index contributed by atoms with van der Waals surface area (Å²) < 4.78 is 6.80. The van der Waals surface area contributed by atoms with Gasteiger partial charge in [0.05, 0.1) is 0 Å². The summed E-state index contributed by atoms with van der Waals surface area (Å²) in [7, 11) is -0.869. The molecule has 0 amide bonds. The van der Waals surface area contributed by atoms with Crippen LogP contribution in [-0.2, 0) is 11.2 Å². The van der Waals surface area contributed by atoms with Crippen molar-refractivity contribution in [3.63, 3.8) is 0 Å². The van der Waals surface area contributed by atoms with Gasteiger partial charge in [0.2, 0.25) is 5.90 Å². The molecule has 0 spiro atoms. The number of fused-ring (bicyclic) bond motifs is 5. The average molecular weight is 596 g/mol. The minimum Gasteiger partial charge on any atom is -0.471 e. The molecule has 0 fully saturated rings. The molecule has 0 saturated carbocycles. The number of benzene rings is 7. The van der Waals surface area contributed by atoms with E-state index in [-0.39, 0.29) is 12.1 Å². The van der Waals surface area contributed by atoms with Gasteiger partial charge in [-0.15, -0.1) is 0 Å². The van der Waals surface area contributed by atoms with Crippen molar-refractivity contribution in [3.05, 3.63) is 174 Å². The largest absolute Gasteiger partial charge is 0.471 e. The molecule has 45 heavy (non-hydrogen) atoms. The van der Waals surface area contributed by atoms with Gasteiger partial charge in [0.25, 0.3) is 0 Å². The first-order chi connectivity index (χ1) is 22.3. The number of nitrogens with zero attached hydrogens (tertiary/aromatic N) is 1. The second-order valence-corrected chi connectivity index (χ2v) is 14.0. The number of hydrogen-bond donors (Lipinski definition) is 0. The highest BCUT2D eigenvalue weighted by atomic mass is 31.1. The molecule has 1 aliphatic heterocycles. The Balaban J connectivity index is 1.36. The van der Waals surface area contributed by atoms with E-state index >= 15 is 0 Å². The number of ether oxygens (including phenoxy) is 1. The molecule has 7 aromatic carbocycles. The third-order valence-corrected chi connectivity index (χ3v) is 11.7. The molecule has 0 aromatic heterocycles. The minimum atomic E-state index is -0.869. The minimum absolute atomic E-state index is 0.0354. The Morgan fingerprint density at radius 2 is 1.11 bits per heavy atom. The summed E-state index contributed by atoms with van der Waals surface area (Å²) in [6.07, 6.45) is 0.929. The van der Waals surface area contributed by atoms with Crippen LogP contribution in [0.25, 0.3) is 32.7 Å². The van der Waals surface area contributed by atoms with Crippen molar-refractivity contribution >= 4 is 51.3 Å². The van der Waals surface area contributed by atoms with E-state index in [1.807, 2.05) is 0 Å². The lowest BCUT2D eigenvalue weighted by Gasteiger charge is -2.25. The molecule has 0 bridgehead atoms. The van der Waals surface area contributed by atoms with Crippen LogP contribution in [0.3, 0.4) is 0 Å². The Morgan fingerprint density at radius 1 is 0.533 bits per heavy atom. The molecule has 1 heterocycles. The molecule has 9 rings (SSSR count). The van der Waals surface area contributed by atoms with Crippen molar-refractivity contribution in [2.45, 2.75) is 18.6 Å². The van der Waals surface area contributed by atoms with Crippen molar-refractivity contribution in [2.75, 3.05) is 0 Å².